The fourth-order valence-corrected chi connectivity index (χ4v) is 2.24. The number of hydrogen-bond donors (Lipinski definition) is 1. The molecule has 0 atom stereocenters. The summed E-state index contributed by atoms with van der Waals surface area (Å²) in [6, 6.07) is 7.96. The molecular weight excluding hydrogens is 226 g/mol. The molecule has 18 heavy (non-hydrogen) atoms. The molecule has 3 heteroatoms. The zero-order chi connectivity index (χ0) is 13.3. The van der Waals surface area contributed by atoms with Gasteiger partial charge in [-0.2, -0.15) is 0 Å². The van der Waals surface area contributed by atoms with E-state index >= 15 is 0 Å². The van der Waals surface area contributed by atoms with E-state index in [9.17, 15) is 5.11 Å². The molecule has 1 heterocycles. The summed E-state index contributed by atoms with van der Waals surface area (Å²) in [5.74, 6) is 0.304. The van der Waals surface area contributed by atoms with Crippen LogP contribution in [0.5, 0.6) is 5.75 Å². The lowest BCUT2D eigenvalue weighted by Gasteiger charge is -2.16. The van der Waals surface area contributed by atoms with Gasteiger partial charge in [-0.15, -0.1) is 0 Å². The average molecular weight is 247 g/mol. The lowest BCUT2D eigenvalue weighted by atomic mass is 10.2. The number of phenols is 1. The molecule has 0 unspecified atom stereocenters. The van der Waals surface area contributed by atoms with Crippen LogP contribution >= 0.6 is 0 Å². The van der Waals surface area contributed by atoms with E-state index in [-0.39, 0.29) is 6.10 Å². The minimum atomic E-state index is 0.219. The summed E-state index contributed by atoms with van der Waals surface area (Å²) in [6.45, 7) is 8.96. The SMILES string of the molecule is CC(C)OCc1cc2ccc(O)cc2n1C(C)C. The highest BCUT2D eigenvalue weighted by molar-refractivity contribution is 5.82. The van der Waals surface area contributed by atoms with Crippen molar-refractivity contribution in [3.63, 3.8) is 0 Å². The van der Waals surface area contributed by atoms with Crippen molar-refractivity contribution in [1.82, 2.24) is 4.57 Å². The van der Waals surface area contributed by atoms with Crippen molar-refractivity contribution in [3.8, 4) is 5.75 Å². The number of benzene rings is 1. The van der Waals surface area contributed by atoms with Crippen LogP contribution in [0.3, 0.4) is 0 Å². The topological polar surface area (TPSA) is 34.4 Å². The Labute approximate surface area is 108 Å². The van der Waals surface area contributed by atoms with Gasteiger partial charge in [-0.05, 0) is 45.9 Å². The quantitative estimate of drug-likeness (QED) is 0.890. The maximum atomic E-state index is 9.62. The monoisotopic (exact) mass is 247 g/mol. The number of aromatic hydroxyl groups is 1. The van der Waals surface area contributed by atoms with Crippen molar-refractivity contribution in [1.29, 1.82) is 0 Å². The molecule has 0 aliphatic rings. The Morgan fingerprint density at radius 3 is 2.50 bits per heavy atom. The Morgan fingerprint density at radius 2 is 1.89 bits per heavy atom. The first-order valence-corrected chi connectivity index (χ1v) is 6.43. The lowest BCUT2D eigenvalue weighted by Crippen LogP contribution is -2.09. The van der Waals surface area contributed by atoms with Crippen LogP contribution < -0.4 is 0 Å². The van der Waals surface area contributed by atoms with Gasteiger partial charge in [-0.25, -0.2) is 0 Å². The largest absolute Gasteiger partial charge is 0.508 e. The molecule has 0 aliphatic heterocycles. The number of fused-ring (bicyclic) bond motifs is 1. The third kappa shape index (κ3) is 2.51. The number of aromatic nitrogens is 1. The van der Waals surface area contributed by atoms with Crippen molar-refractivity contribution in [2.45, 2.75) is 46.4 Å². The standard InChI is InChI=1S/C15H21NO2/c1-10(2)16-13(9-18-11(3)4)7-12-5-6-14(17)8-15(12)16/h5-8,10-11,17H,9H2,1-4H3. The number of nitrogens with zero attached hydrogens (tertiary/aromatic N) is 1. The predicted molar refractivity (Wildman–Crippen MR) is 73.9 cm³/mol. The molecule has 98 valence electrons. The summed E-state index contributed by atoms with van der Waals surface area (Å²) in [5, 5.41) is 10.8. The van der Waals surface area contributed by atoms with Crippen LogP contribution in [0.1, 0.15) is 39.4 Å². The van der Waals surface area contributed by atoms with Crippen LogP contribution in [-0.2, 0) is 11.3 Å². The summed E-state index contributed by atoms with van der Waals surface area (Å²) < 4.78 is 7.91. The third-order valence-electron chi connectivity index (χ3n) is 2.99. The van der Waals surface area contributed by atoms with E-state index in [1.165, 1.54) is 0 Å². The number of rotatable bonds is 4. The van der Waals surface area contributed by atoms with Gasteiger partial charge in [0, 0.05) is 23.2 Å². The predicted octanol–water partition coefficient (Wildman–Crippen LogP) is 3.85. The molecule has 0 saturated heterocycles. The highest BCUT2D eigenvalue weighted by Gasteiger charge is 2.12. The van der Waals surface area contributed by atoms with Crippen molar-refractivity contribution < 1.29 is 9.84 Å². The van der Waals surface area contributed by atoms with E-state index in [1.807, 2.05) is 26.0 Å². The highest BCUT2D eigenvalue weighted by atomic mass is 16.5. The van der Waals surface area contributed by atoms with Crippen molar-refractivity contribution in [3.05, 3.63) is 30.0 Å². The molecule has 2 aromatic rings. The molecule has 0 bridgehead atoms. The maximum absolute atomic E-state index is 9.62. The molecule has 1 aromatic carbocycles. The Hall–Kier alpha value is -1.48. The Kier molecular flexibility index (Phi) is 3.62. The van der Waals surface area contributed by atoms with Crippen LogP contribution in [0.25, 0.3) is 10.9 Å². The van der Waals surface area contributed by atoms with Crippen molar-refractivity contribution in [2.75, 3.05) is 0 Å². The molecule has 0 amide bonds. The summed E-state index contributed by atoms with van der Waals surface area (Å²) in [6.07, 6.45) is 0.219. The Balaban J connectivity index is 2.48. The van der Waals surface area contributed by atoms with Gasteiger partial charge in [-0.3, -0.25) is 0 Å². The first-order valence-electron chi connectivity index (χ1n) is 6.43. The van der Waals surface area contributed by atoms with Gasteiger partial charge >= 0.3 is 0 Å². The first kappa shape index (κ1) is 13.0. The second-order valence-corrected chi connectivity index (χ2v) is 5.20. The van der Waals surface area contributed by atoms with Gasteiger partial charge in [-0.1, -0.05) is 0 Å². The Morgan fingerprint density at radius 1 is 1.17 bits per heavy atom. The zero-order valence-corrected chi connectivity index (χ0v) is 11.5. The molecule has 0 aliphatic carbocycles. The first-order chi connectivity index (χ1) is 8.49. The molecule has 0 saturated carbocycles. The molecule has 0 fully saturated rings. The Bertz CT molecular complexity index is 541. The summed E-state index contributed by atoms with van der Waals surface area (Å²) >= 11 is 0. The van der Waals surface area contributed by atoms with E-state index in [2.05, 4.69) is 24.5 Å². The van der Waals surface area contributed by atoms with Crippen LogP contribution in [0, 0.1) is 0 Å². The van der Waals surface area contributed by atoms with E-state index in [0.29, 0.717) is 18.4 Å². The summed E-state index contributed by atoms with van der Waals surface area (Å²) in [4.78, 5) is 0. The lowest BCUT2D eigenvalue weighted by molar-refractivity contribution is 0.0615. The zero-order valence-electron chi connectivity index (χ0n) is 11.5. The summed E-state index contributed by atoms with van der Waals surface area (Å²) in [7, 11) is 0. The van der Waals surface area contributed by atoms with Crippen LogP contribution in [0.15, 0.2) is 24.3 Å². The number of ether oxygens (including phenoxy) is 1. The number of hydrogen-bond acceptors (Lipinski definition) is 2. The molecular formula is C15H21NO2. The molecule has 2 rings (SSSR count). The van der Waals surface area contributed by atoms with Gasteiger partial charge in [0.1, 0.15) is 5.75 Å². The molecule has 0 spiro atoms. The highest BCUT2D eigenvalue weighted by Crippen LogP contribution is 2.27. The molecule has 3 nitrogen and oxygen atoms in total. The van der Waals surface area contributed by atoms with Crippen LogP contribution in [-0.4, -0.2) is 15.8 Å². The van der Waals surface area contributed by atoms with Crippen LogP contribution in [0.2, 0.25) is 0 Å². The normalized spacial score (nSPS) is 11.9. The van der Waals surface area contributed by atoms with E-state index in [0.717, 1.165) is 16.6 Å². The van der Waals surface area contributed by atoms with Gasteiger partial charge < -0.3 is 14.4 Å². The van der Waals surface area contributed by atoms with Gasteiger partial charge in [0.15, 0.2) is 0 Å². The van der Waals surface area contributed by atoms with E-state index in [1.54, 1.807) is 6.07 Å². The minimum Gasteiger partial charge on any atom is -0.508 e. The molecule has 0 radical (unpaired) electrons. The second-order valence-electron chi connectivity index (χ2n) is 5.20. The van der Waals surface area contributed by atoms with Crippen molar-refractivity contribution in [2.24, 2.45) is 0 Å². The summed E-state index contributed by atoms with van der Waals surface area (Å²) in [5.41, 5.74) is 2.21. The average Bonchev–Trinajstić information content (AvgIpc) is 2.63. The maximum Gasteiger partial charge on any atom is 0.117 e. The smallest absolute Gasteiger partial charge is 0.117 e. The van der Waals surface area contributed by atoms with Gasteiger partial charge in [0.05, 0.1) is 18.2 Å². The van der Waals surface area contributed by atoms with Gasteiger partial charge in [0.25, 0.3) is 0 Å². The second kappa shape index (κ2) is 5.02. The van der Waals surface area contributed by atoms with E-state index in [4.69, 9.17) is 4.74 Å². The van der Waals surface area contributed by atoms with Crippen LogP contribution in [0.4, 0.5) is 0 Å². The number of phenolic OH excluding ortho intramolecular Hbond substituents is 1. The molecule has 1 N–H and O–H groups in total. The fraction of sp³-hybridized carbons (Fsp3) is 0.467. The minimum absolute atomic E-state index is 0.219. The van der Waals surface area contributed by atoms with Crippen molar-refractivity contribution >= 4 is 10.9 Å². The van der Waals surface area contributed by atoms with E-state index < -0.39 is 0 Å². The molecule has 1 aromatic heterocycles. The van der Waals surface area contributed by atoms with Gasteiger partial charge in [0.2, 0.25) is 0 Å². The third-order valence-corrected chi connectivity index (χ3v) is 2.99. The fourth-order valence-electron chi connectivity index (χ4n) is 2.24.